The number of hydrogen-bond donors (Lipinski definition) is 5. The smallest absolute Gasteiger partial charge is 0.255 e. The van der Waals surface area contributed by atoms with Gasteiger partial charge in [-0.15, -0.1) is 0 Å². The lowest BCUT2D eigenvalue weighted by Gasteiger charge is -2.51. The average molecular weight is 501 g/mol. The van der Waals surface area contributed by atoms with Gasteiger partial charge in [0.1, 0.15) is 28.6 Å². The number of ether oxygens (including phenoxy) is 1. The molecule has 4 atom stereocenters. The largest absolute Gasteiger partial charge is 0.510 e. The second kappa shape index (κ2) is 9.25. The Morgan fingerprint density at radius 2 is 1.81 bits per heavy atom. The number of allylic oxidation sites excluding steroid dienone is 1. The molecule has 194 valence electrons. The quantitative estimate of drug-likeness (QED) is 0.349. The summed E-state index contributed by atoms with van der Waals surface area (Å²) in [7, 11) is 1.44. The molecule has 10 heteroatoms. The van der Waals surface area contributed by atoms with Gasteiger partial charge in [0, 0.05) is 17.1 Å². The van der Waals surface area contributed by atoms with Crippen molar-refractivity contribution in [3.8, 4) is 11.5 Å². The minimum atomic E-state index is -2.64. The molecular formula is C26H32N2O8. The molecule has 0 aliphatic heterocycles. The summed E-state index contributed by atoms with van der Waals surface area (Å²) in [5.74, 6) is -6.21. The monoisotopic (exact) mass is 500 g/mol. The van der Waals surface area contributed by atoms with Crippen molar-refractivity contribution in [3.05, 3.63) is 45.9 Å². The summed E-state index contributed by atoms with van der Waals surface area (Å²) in [6.07, 6.45) is 1.62. The lowest BCUT2D eigenvalue weighted by molar-refractivity contribution is -0.149. The van der Waals surface area contributed by atoms with E-state index >= 15 is 0 Å². The highest BCUT2D eigenvalue weighted by Gasteiger charge is 2.63. The van der Waals surface area contributed by atoms with Crippen LogP contribution in [0.15, 0.2) is 34.8 Å². The second-order valence-electron chi connectivity index (χ2n) is 9.68. The number of primary amides is 1. The third kappa shape index (κ3) is 3.50. The fourth-order valence-corrected chi connectivity index (χ4v) is 6.20. The Morgan fingerprint density at radius 1 is 1.17 bits per heavy atom. The molecule has 0 saturated carbocycles. The molecule has 1 amide bonds. The van der Waals surface area contributed by atoms with Crippen LogP contribution in [-0.2, 0) is 16.0 Å². The van der Waals surface area contributed by atoms with Crippen LogP contribution < -0.4 is 10.5 Å². The molecule has 0 saturated heterocycles. The highest BCUT2D eigenvalue weighted by molar-refractivity contribution is 6.24. The van der Waals surface area contributed by atoms with Crippen LogP contribution in [0.5, 0.6) is 11.5 Å². The van der Waals surface area contributed by atoms with Crippen molar-refractivity contribution < 1.29 is 39.5 Å². The van der Waals surface area contributed by atoms with Crippen molar-refractivity contribution in [2.24, 2.45) is 17.6 Å². The number of hydrogen-bond acceptors (Lipinski definition) is 9. The molecule has 0 spiro atoms. The van der Waals surface area contributed by atoms with Crippen LogP contribution in [0.25, 0.3) is 0 Å². The van der Waals surface area contributed by atoms with E-state index in [0.29, 0.717) is 37.2 Å². The van der Waals surface area contributed by atoms with Crippen molar-refractivity contribution in [3.63, 3.8) is 0 Å². The van der Waals surface area contributed by atoms with Crippen molar-refractivity contribution in [1.82, 2.24) is 4.90 Å². The Labute approximate surface area is 208 Å². The maximum Gasteiger partial charge on any atom is 0.255 e. The number of carbonyl (C=O) groups is 3. The summed E-state index contributed by atoms with van der Waals surface area (Å²) in [6, 6.07) is 1.86. The molecule has 0 fully saturated rings. The molecule has 3 aliphatic carbocycles. The summed E-state index contributed by atoms with van der Waals surface area (Å²) in [6.45, 7) is 4.84. The van der Waals surface area contributed by atoms with Gasteiger partial charge in [-0.25, -0.2) is 0 Å². The lowest BCUT2D eigenvalue weighted by Crippen LogP contribution is -2.64. The van der Waals surface area contributed by atoms with Crippen molar-refractivity contribution in [2.45, 2.75) is 51.2 Å². The number of benzene rings is 1. The predicted octanol–water partition coefficient (Wildman–Crippen LogP) is 1.69. The zero-order valence-electron chi connectivity index (χ0n) is 20.6. The zero-order valence-corrected chi connectivity index (χ0v) is 20.6. The number of fused-ring (bicyclic) bond motifs is 3. The Hall–Kier alpha value is -3.37. The topological polar surface area (TPSA) is 171 Å². The number of aromatic hydroxyl groups is 1. The van der Waals surface area contributed by atoms with Crippen LogP contribution in [0.1, 0.15) is 49.0 Å². The van der Waals surface area contributed by atoms with Crippen LogP contribution in [0, 0.1) is 11.8 Å². The standard InChI is InChI=1S/C26H32N2O8/c1-4-8-28(9-5-2)20-14-11-12-10-13-16(36-3)7-6-15(29)18(13)21(30)17(12)23(32)26(14,35)24(33)19(22(20)31)25(27)34/h6-7,12,14,20,29,31-32,35H,4-5,8-11H2,1-3H3,(H2,27,34)/t12-,14-,20-,26-/m0/s1. The number of nitrogens with zero attached hydrogens (tertiary/aromatic N) is 1. The number of phenols is 1. The maximum atomic E-state index is 13.6. The van der Waals surface area contributed by atoms with Gasteiger partial charge in [0.25, 0.3) is 5.91 Å². The van der Waals surface area contributed by atoms with E-state index in [2.05, 4.69) is 0 Å². The highest BCUT2D eigenvalue weighted by Crippen LogP contribution is 2.53. The van der Waals surface area contributed by atoms with Crippen LogP contribution in [0.2, 0.25) is 0 Å². The van der Waals surface area contributed by atoms with Gasteiger partial charge in [-0.2, -0.15) is 0 Å². The van der Waals surface area contributed by atoms with E-state index in [1.807, 2.05) is 18.7 Å². The van der Waals surface area contributed by atoms with E-state index in [1.165, 1.54) is 13.2 Å². The number of nitrogens with two attached hydrogens (primary N) is 1. The van der Waals surface area contributed by atoms with E-state index in [1.54, 1.807) is 6.07 Å². The number of aliphatic hydroxyl groups excluding tert-OH is 2. The van der Waals surface area contributed by atoms with Crippen LogP contribution in [0.3, 0.4) is 0 Å². The molecule has 0 unspecified atom stereocenters. The Bertz CT molecular complexity index is 1200. The van der Waals surface area contributed by atoms with Gasteiger partial charge in [0.05, 0.1) is 18.7 Å². The van der Waals surface area contributed by atoms with Gasteiger partial charge in [0.15, 0.2) is 11.4 Å². The molecule has 0 aromatic heterocycles. The first kappa shape index (κ1) is 25.7. The molecule has 0 heterocycles. The number of ketones is 2. The van der Waals surface area contributed by atoms with Crippen LogP contribution in [0.4, 0.5) is 0 Å². The molecule has 10 nitrogen and oxygen atoms in total. The number of amides is 1. The normalized spacial score (nSPS) is 27.6. The first-order chi connectivity index (χ1) is 17.0. The summed E-state index contributed by atoms with van der Waals surface area (Å²) in [5.41, 5.74) is 2.21. The molecule has 1 aromatic carbocycles. The predicted molar refractivity (Wildman–Crippen MR) is 129 cm³/mol. The van der Waals surface area contributed by atoms with Gasteiger partial charge in [-0.1, -0.05) is 13.8 Å². The fourth-order valence-electron chi connectivity index (χ4n) is 6.20. The van der Waals surface area contributed by atoms with Gasteiger partial charge < -0.3 is 30.9 Å². The summed E-state index contributed by atoms with van der Waals surface area (Å²) < 4.78 is 5.39. The van der Waals surface area contributed by atoms with E-state index in [0.717, 1.165) is 0 Å². The Kier molecular flexibility index (Phi) is 6.61. The van der Waals surface area contributed by atoms with E-state index < -0.39 is 58.0 Å². The molecule has 0 bridgehead atoms. The molecule has 6 N–H and O–H groups in total. The minimum Gasteiger partial charge on any atom is -0.510 e. The van der Waals surface area contributed by atoms with E-state index in [4.69, 9.17) is 10.5 Å². The molecule has 3 aliphatic rings. The fraction of sp³-hybridized carbons (Fsp3) is 0.500. The maximum absolute atomic E-state index is 13.6. The lowest BCUT2D eigenvalue weighted by atomic mass is 9.58. The van der Waals surface area contributed by atoms with Gasteiger partial charge in [0.2, 0.25) is 5.78 Å². The van der Waals surface area contributed by atoms with Crippen LogP contribution >= 0.6 is 0 Å². The summed E-state index contributed by atoms with van der Waals surface area (Å²) >= 11 is 0. The molecule has 0 radical (unpaired) electrons. The van der Waals surface area contributed by atoms with E-state index in [-0.39, 0.29) is 29.7 Å². The first-order valence-corrected chi connectivity index (χ1v) is 12.2. The SMILES string of the molecule is CCCN(CCC)[C@@H]1C(O)=C(C(N)=O)C(=O)[C@@]2(O)C(O)=C3C(=O)c4c(O)ccc(OC)c4C[C@H]3C[C@@H]12. The number of phenolic OH excluding ortho intramolecular Hbond substituents is 1. The van der Waals surface area contributed by atoms with Crippen molar-refractivity contribution >= 4 is 17.5 Å². The molecule has 36 heavy (non-hydrogen) atoms. The van der Waals surface area contributed by atoms with Crippen molar-refractivity contribution in [1.29, 1.82) is 0 Å². The highest BCUT2D eigenvalue weighted by atomic mass is 16.5. The van der Waals surface area contributed by atoms with Crippen molar-refractivity contribution in [2.75, 3.05) is 20.2 Å². The van der Waals surface area contributed by atoms with Gasteiger partial charge in [-0.3, -0.25) is 19.3 Å². The Morgan fingerprint density at radius 3 is 2.36 bits per heavy atom. The summed E-state index contributed by atoms with van der Waals surface area (Å²) in [5, 5.41) is 44.8. The first-order valence-electron chi connectivity index (χ1n) is 12.2. The third-order valence-corrected chi connectivity index (χ3v) is 7.64. The number of aliphatic hydroxyl groups is 3. The molecular weight excluding hydrogens is 468 g/mol. The molecule has 4 rings (SSSR count). The minimum absolute atomic E-state index is 0.0519. The third-order valence-electron chi connectivity index (χ3n) is 7.64. The zero-order chi connectivity index (χ0) is 26.5. The number of rotatable bonds is 7. The second-order valence-corrected chi connectivity index (χ2v) is 9.68. The van der Waals surface area contributed by atoms with Gasteiger partial charge in [-0.05, 0) is 56.8 Å². The van der Waals surface area contributed by atoms with Gasteiger partial charge >= 0.3 is 0 Å². The van der Waals surface area contributed by atoms with Crippen LogP contribution in [-0.4, -0.2) is 74.6 Å². The number of methoxy groups -OCH3 is 1. The number of Topliss-reactive ketones (excluding diaryl/α,β-unsaturated/α-hetero) is 2. The van der Waals surface area contributed by atoms with E-state index in [9.17, 15) is 34.8 Å². The number of carbonyl (C=O) groups excluding carboxylic acids is 3. The Balaban J connectivity index is 1.96. The summed E-state index contributed by atoms with van der Waals surface area (Å²) in [4.78, 5) is 41.1. The molecule has 1 aromatic rings. The average Bonchev–Trinajstić information content (AvgIpc) is 2.81.